The van der Waals surface area contributed by atoms with E-state index in [1.165, 1.54) is 12.1 Å². The Kier molecular flexibility index (Phi) is 6.53. The topological polar surface area (TPSA) is 85.2 Å². The van der Waals surface area contributed by atoms with E-state index in [0.29, 0.717) is 27.1 Å². The van der Waals surface area contributed by atoms with Gasteiger partial charge in [0.05, 0.1) is 15.6 Å². The van der Waals surface area contributed by atoms with E-state index in [-0.39, 0.29) is 12.2 Å². The highest BCUT2D eigenvalue weighted by atomic mass is 79.9. The second-order valence-electron chi connectivity index (χ2n) is 6.84. The number of hydrogen-bond acceptors (Lipinski definition) is 5. The molecule has 3 aromatic rings. The minimum absolute atomic E-state index is 0.205. The normalized spacial score (nSPS) is 14.2. The molecule has 32 heavy (non-hydrogen) atoms. The molecule has 0 saturated heterocycles. The quantitative estimate of drug-likeness (QED) is 0.305. The first-order chi connectivity index (χ1) is 15.4. The number of aromatic carboxylic acids is 1. The molecule has 1 aliphatic rings. The van der Waals surface area contributed by atoms with Crippen molar-refractivity contribution in [1.82, 2.24) is 0 Å². The maximum atomic E-state index is 12.4. The Morgan fingerprint density at radius 1 is 1.06 bits per heavy atom. The van der Waals surface area contributed by atoms with Gasteiger partial charge in [0.15, 0.2) is 0 Å². The fraction of sp³-hybridized carbons (Fsp3) is 0.0417. The van der Waals surface area contributed by atoms with Crippen LogP contribution in [0.25, 0.3) is 6.08 Å². The van der Waals surface area contributed by atoms with Crippen LogP contribution in [0.3, 0.4) is 0 Å². The summed E-state index contributed by atoms with van der Waals surface area (Å²) in [6.07, 6.45) is 1.68. The van der Waals surface area contributed by atoms with Crippen molar-refractivity contribution < 1.29 is 24.3 Å². The molecular weight excluding hydrogens is 542 g/mol. The van der Waals surface area contributed by atoms with Crippen LogP contribution in [0.1, 0.15) is 27.0 Å². The molecule has 1 aliphatic heterocycles. The first-order valence-corrected chi connectivity index (χ1v) is 11.0. The van der Waals surface area contributed by atoms with Crippen molar-refractivity contribution in [2.24, 2.45) is 5.16 Å². The molecule has 0 spiro atoms. The number of benzene rings is 3. The summed E-state index contributed by atoms with van der Waals surface area (Å²) in [6, 6.07) is 19.4. The summed E-state index contributed by atoms with van der Waals surface area (Å²) < 4.78 is 7.52. The molecule has 0 saturated carbocycles. The SMILES string of the molecule is O=C1ON=C(c2ccccc2)/C1=C/c1cc(Br)cc(Br)c1OCc1ccc(C(=O)O)cc1. The van der Waals surface area contributed by atoms with Gasteiger partial charge in [0, 0.05) is 15.6 Å². The lowest BCUT2D eigenvalue weighted by molar-refractivity contribution is -0.136. The van der Waals surface area contributed by atoms with Gasteiger partial charge in [-0.25, -0.2) is 9.59 Å². The minimum atomic E-state index is -0.985. The standard InChI is InChI=1S/C24H15Br2NO5/c25-18-10-17(11-19-21(27-32-24(19)30)15-4-2-1-3-5-15)22(20(26)12-18)31-13-14-6-8-16(9-7-14)23(28)29/h1-12H,13H2,(H,28,29)/b19-11-. The molecular formula is C24H15Br2NO5. The van der Waals surface area contributed by atoms with Gasteiger partial charge in [-0.2, -0.15) is 0 Å². The number of carbonyl (C=O) groups is 2. The number of rotatable bonds is 6. The third-order valence-electron chi connectivity index (χ3n) is 4.66. The van der Waals surface area contributed by atoms with E-state index in [9.17, 15) is 9.59 Å². The Morgan fingerprint density at radius 2 is 1.78 bits per heavy atom. The Bertz CT molecular complexity index is 1250. The molecule has 0 aromatic heterocycles. The maximum absolute atomic E-state index is 12.4. The summed E-state index contributed by atoms with van der Waals surface area (Å²) in [7, 11) is 0. The van der Waals surface area contributed by atoms with Crippen LogP contribution in [0.15, 0.2) is 86.4 Å². The zero-order valence-electron chi connectivity index (χ0n) is 16.4. The zero-order valence-corrected chi connectivity index (χ0v) is 19.6. The van der Waals surface area contributed by atoms with Crippen LogP contribution < -0.4 is 4.74 Å². The monoisotopic (exact) mass is 555 g/mol. The number of carboxylic acid groups (broad SMARTS) is 1. The number of halogens is 2. The van der Waals surface area contributed by atoms with E-state index in [2.05, 4.69) is 37.0 Å². The Hall–Kier alpha value is -3.23. The van der Waals surface area contributed by atoms with Crippen LogP contribution in [-0.2, 0) is 16.2 Å². The highest BCUT2D eigenvalue weighted by molar-refractivity contribution is 9.11. The molecule has 0 atom stereocenters. The molecule has 6 nitrogen and oxygen atoms in total. The van der Waals surface area contributed by atoms with Gasteiger partial charge in [-0.3, -0.25) is 0 Å². The van der Waals surface area contributed by atoms with Gasteiger partial charge in [-0.15, -0.1) is 0 Å². The zero-order chi connectivity index (χ0) is 22.7. The van der Waals surface area contributed by atoms with Crippen molar-refractivity contribution in [3.05, 3.63) is 104 Å². The summed E-state index contributed by atoms with van der Waals surface area (Å²) in [6.45, 7) is 0.209. The lowest BCUT2D eigenvalue weighted by Crippen LogP contribution is -2.07. The average Bonchev–Trinajstić information content (AvgIpc) is 3.14. The van der Waals surface area contributed by atoms with Crippen LogP contribution in [0, 0.1) is 0 Å². The molecule has 1 heterocycles. The number of carboxylic acids is 1. The third-order valence-corrected chi connectivity index (χ3v) is 5.71. The summed E-state index contributed by atoms with van der Waals surface area (Å²) >= 11 is 6.99. The molecule has 4 rings (SSSR count). The largest absolute Gasteiger partial charge is 0.487 e. The van der Waals surface area contributed by atoms with Crippen LogP contribution in [0.5, 0.6) is 5.75 Å². The molecule has 0 radical (unpaired) electrons. The summed E-state index contributed by atoms with van der Waals surface area (Å²) in [5.74, 6) is -1.01. The molecule has 0 fully saturated rings. The molecule has 0 bridgehead atoms. The van der Waals surface area contributed by atoms with Crippen molar-refractivity contribution in [2.75, 3.05) is 0 Å². The first-order valence-electron chi connectivity index (χ1n) is 9.43. The number of hydrogen-bond donors (Lipinski definition) is 1. The Morgan fingerprint density at radius 3 is 2.47 bits per heavy atom. The molecule has 0 aliphatic carbocycles. The van der Waals surface area contributed by atoms with E-state index in [0.717, 1.165) is 15.6 Å². The highest BCUT2D eigenvalue weighted by Gasteiger charge is 2.27. The van der Waals surface area contributed by atoms with Crippen molar-refractivity contribution in [2.45, 2.75) is 6.61 Å². The molecule has 160 valence electrons. The van der Waals surface area contributed by atoms with E-state index in [1.807, 2.05) is 42.5 Å². The van der Waals surface area contributed by atoms with Crippen molar-refractivity contribution in [3.63, 3.8) is 0 Å². The predicted molar refractivity (Wildman–Crippen MR) is 127 cm³/mol. The second-order valence-corrected chi connectivity index (χ2v) is 8.61. The smallest absolute Gasteiger partial charge is 0.368 e. The lowest BCUT2D eigenvalue weighted by Gasteiger charge is -2.13. The first kappa shape index (κ1) is 22.0. The van der Waals surface area contributed by atoms with E-state index in [1.54, 1.807) is 18.2 Å². The fourth-order valence-corrected chi connectivity index (χ4v) is 4.48. The maximum Gasteiger partial charge on any atom is 0.368 e. The molecule has 3 aromatic carbocycles. The van der Waals surface area contributed by atoms with Crippen LogP contribution in [-0.4, -0.2) is 22.8 Å². The number of oxime groups is 1. The minimum Gasteiger partial charge on any atom is -0.487 e. The molecule has 0 amide bonds. The van der Waals surface area contributed by atoms with E-state index < -0.39 is 11.9 Å². The number of ether oxygens (including phenoxy) is 1. The van der Waals surface area contributed by atoms with Crippen LogP contribution in [0.4, 0.5) is 0 Å². The second kappa shape index (κ2) is 9.50. The Balaban J connectivity index is 1.66. The average molecular weight is 557 g/mol. The van der Waals surface area contributed by atoms with Gasteiger partial charge in [0.25, 0.3) is 0 Å². The van der Waals surface area contributed by atoms with Gasteiger partial charge in [0.2, 0.25) is 0 Å². The summed E-state index contributed by atoms with van der Waals surface area (Å²) in [5, 5.41) is 13.0. The van der Waals surface area contributed by atoms with Gasteiger partial charge in [0.1, 0.15) is 18.1 Å². The van der Waals surface area contributed by atoms with Crippen LogP contribution >= 0.6 is 31.9 Å². The third kappa shape index (κ3) is 4.81. The molecule has 0 unspecified atom stereocenters. The van der Waals surface area contributed by atoms with Gasteiger partial charge in [-0.1, -0.05) is 63.6 Å². The lowest BCUT2D eigenvalue weighted by atomic mass is 10.0. The highest BCUT2D eigenvalue weighted by Crippen LogP contribution is 2.36. The van der Waals surface area contributed by atoms with Crippen molar-refractivity contribution >= 4 is 55.6 Å². The van der Waals surface area contributed by atoms with Crippen LogP contribution in [0.2, 0.25) is 0 Å². The van der Waals surface area contributed by atoms with E-state index >= 15 is 0 Å². The Labute approximate surface area is 200 Å². The van der Waals surface area contributed by atoms with Gasteiger partial charge < -0.3 is 14.7 Å². The van der Waals surface area contributed by atoms with Gasteiger partial charge in [-0.05, 0) is 51.8 Å². The van der Waals surface area contributed by atoms with Gasteiger partial charge >= 0.3 is 11.9 Å². The van der Waals surface area contributed by atoms with Crippen molar-refractivity contribution in [1.29, 1.82) is 0 Å². The number of nitrogens with zero attached hydrogens (tertiary/aromatic N) is 1. The summed E-state index contributed by atoms with van der Waals surface area (Å²) in [5.41, 5.74) is 3.18. The summed E-state index contributed by atoms with van der Waals surface area (Å²) in [4.78, 5) is 28.4. The predicted octanol–water partition coefficient (Wildman–Crippen LogP) is 5.83. The molecule has 1 N–H and O–H groups in total. The molecule has 8 heteroatoms. The fourth-order valence-electron chi connectivity index (χ4n) is 3.11. The number of carbonyl (C=O) groups excluding carboxylic acids is 1. The van der Waals surface area contributed by atoms with Crippen molar-refractivity contribution in [3.8, 4) is 5.75 Å². The van der Waals surface area contributed by atoms with E-state index in [4.69, 9.17) is 14.7 Å².